The van der Waals surface area contributed by atoms with Gasteiger partial charge in [0.25, 0.3) is 11.6 Å². The van der Waals surface area contributed by atoms with Crippen LogP contribution in [0.5, 0.6) is 0 Å². The van der Waals surface area contributed by atoms with E-state index in [1.54, 1.807) is 0 Å². The third kappa shape index (κ3) is 4.88. The summed E-state index contributed by atoms with van der Waals surface area (Å²) in [5.41, 5.74) is -0.0543. The summed E-state index contributed by atoms with van der Waals surface area (Å²) in [6.45, 7) is 0.580. The predicted octanol–water partition coefficient (Wildman–Crippen LogP) is 1.84. The molecule has 142 valence electrons. The van der Waals surface area contributed by atoms with Gasteiger partial charge in [-0.05, 0) is 18.9 Å². The van der Waals surface area contributed by atoms with Gasteiger partial charge in [0.2, 0.25) is 5.91 Å². The maximum absolute atomic E-state index is 12.9. The molecule has 2 aromatic rings. The number of amides is 2. The van der Waals surface area contributed by atoms with E-state index in [4.69, 9.17) is 4.74 Å². The quantitative estimate of drug-likeness (QED) is 0.578. The number of anilines is 1. The molecular formula is C17H18N4O6. The van der Waals surface area contributed by atoms with Crippen LogP contribution in [0.25, 0.3) is 0 Å². The second kappa shape index (κ2) is 8.41. The van der Waals surface area contributed by atoms with Gasteiger partial charge in [-0.2, -0.15) is 0 Å². The third-order valence-corrected chi connectivity index (χ3v) is 4.08. The molecule has 2 amide bonds. The lowest BCUT2D eigenvalue weighted by molar-refractivity contribution is -0.384. The van der Waals surface area contributed by atoms with Crippen molar-refractivity contribution in [3.05, 3.63) is 52.3 Å². The Kier molecular flexibility index (Phi) is 5.77. The molecule has 1 aromatic heterocycles. The molecular weight excluding hydrogens is 356 g/mol. The molecule has 10 nitrogen and oxygen atoms in total. The SMILES string of the molecule is O=C(CN(CC1CCCO1)C(=O)c1cccc([N+](=O)[O-])c1)Nc1ccon1. The fraction of sp³-hybridized carbons (Fsp3) is 0.353. The molecule has 3 rings (SSSR count). The highest BCUT2D eigenvalue weighted by molar-refractivity contribution is 5.99. The zero-order valence-electron chi connectivity index (χ0n) is 14.4. The number of aromatic nitrogens is 1. The van der Waals surface area contributed by atoms with E-state index in [1.807, 2.05) is 0 Å². The van der Waals surface area contributed by atoms with Gasteiger partial charge in [-0.1, -0.05) is 11.2 Å². The minimum atomic E-state index is -0.571. The van der Waals surface area contributed by atoms with Crippen LogP contribution in [0, 0.1) is 10.1 Å². The van der Waals surface area contributed by atoms with Crippen LogP contribution in [0.15, 0.2) is 41.1 Å². The van der Waals surface area contributed by atoms with E-state index in [1.165, 1.54) is 41.5 Å². The van der Waals surface area contributed by atoms with E-state index in [0.29, 0.717) is 6.61 Å². The molecule has 1 unspecified atom stereocenters. The number of ether oxygens (including phenoxy) is 1. The highest BCUT2D eigenvalue weighted by atomic mass is 16.6. The Balaban J connectivity index is 1.75. The number of carbonyl (C=O) groups is 2. The molecule has 1 aliphatic rings. The predicted molar refractivity (Wildman–Crippen MR) is 93.1 cm³/mol. The number of rotatable bonds is 7. The number of non-ortho nitro benzene ring substituents is 1. The van der Waals surface area contributed by atoms with Crippen LogP contribution in [0.3, 0.4) is 0 Å². The van der Waals surface area contributed by atoms with Crippen molar-refractivity contribution in [2.45, 2.75) is 18.9 Å². The number of nitro benzene ring substituents is 1. The first-order valence-electron chi connectivity index (χ1n) is 8.38. The Morgan fingerprint density at radius 2 is 2.22 bits per heavy atom. The maximum atomic E-state index is 12.9. The molecule has 1 aromatic carbocycles. The fourth-order valence-corrected chi connectivity index (χ4v) is 2.82. The Morgan fingerprint density at radius 3 is 2.89 bits per heavy atom. The smallest absolute Gasteiger partial charge is 0.270 e. The first-order chi connectivity index (χ1) is 13.0. The number of benzene rings is 1. The standard InChI is InChI=1S/C17H18N4O6/c22-16(18-15-6-8-27-19-15)11-20(10-14-5-2-7-26-14)17(23)12-3-1-4-13(9-12)21(24)25/h1,3-4,6,8-9,14H,2,5,7,10-11H2,(H,18,19,22). The summed E-state index contributed by atoms with van der Waals surface area (Å²) in [4.78, 5) is 36.9. The number of hydrogen-bond acceptors (Lipinski definition) is 7. The topological polar surface area (TPSA) is 128 Å². The summed E-state index contributed by atoms with van der Waals surface area (Å²) in [5.74, 6) is -0.704. The Bertz CT molecular complexity index is 817. The van der Waals surface area contributed by atoms with Gasteiger partial charge in [-0.3, -0.25) is 19.7 Å². The Morgan fingerprint density at radius 1 is 1.37 bits per heavy atom. The number of nitrogens with one attached hydrogen (secondary N) is 1. The van der Waals surface area contributed by atoms with Crippen LogP contribution in [0.2, 0.25) is 0 Å². The average molecular weight is 374 g/mol. The summed E-state index contributed by atoms with van der Waals surface area (Å²) in [6, 6.07) is 6.89. The Labute approximate surface area is 154 Å². The molecule has 1 fully saturated rings. The Hall–Kier alpha value is -3.27. The van der Waals surface area contributed by atoms with Crippen molar-refractivity contribution < 1.29 is 23.8 Å². The van der Waals surface area contributed by atoms with E-state index in [2.05, 4.69) is 15.0 Å². The van der Waals surface area contributed by atoms with Gasteiger partial charge in [0.15, 0.2) is 5.82 Å². The van der Waals surface area contributed by atoms with Gasteiger partial charge in [-0.15, -0.1) is 0 Å². The van der Waals surface area contributed by atoms with Crippen LogP contribution in [-0.4, -0.2) is 52.6 Å². The van der Waals surface area contributed by atoms with E-state index in [-0.39, 0.29) is 36.3 Å². The number of hydrogen-bond donors (Lipinski definition) is 1. The van der Waals surface area contributed by atoms with Gasteiger partial charge >= 0.3 is 0 Å². The molecule has 0 spiro atoms. The second-order valence-electron chi connectivity index (χ2n) is 6.06. The second-order valence-corrected chi connectivity index (χ2v) is 6.06. The van der Waals surface area contributed by atoms with Gasteiger partial charge in [0, 0.05) is 36.9 Å². The summed E-state index contributed by atoms with van der Waals surface area (Å²) < 4.78 is 10.2. The van der Waals surface area contributed by atoms with Crippen molar-refractivity contribution in [1.82, 2.24) is 10.1 Å². The minimum Gasteiger partial charge on any atom is -0.376 e. The highest BCUT2D eigenvalue weighted by Crippen LogP contribution is 2.18. The molecule has 2 heterocycles. The largest absolute Gasteiger partial charge is 0.376 e. The zero-order valence-corrected chi connectivity index (χ0v) is 14.4. The van der Waals surface area contributed by atoms with Crippen LogP contribution in [0.4, 0.5) is 11.5 Å². The van der Waals surface area contributed by atoms with Crippen molar-refractivity contribution in [2.24, 2.45) is 0 Å². The van der Waals surface area contributed by atoms with E-state index in [9.17, 15) is 19.7 Å². The molecule has 1 N–H and O–H groups in total. The fourth-order valence-electron chi connectivity index (χ4n) is 2.82. The molecule has 0 saturated carbocycles. The van der Waals surface area contributed by atoms with Gasteiger partial charge in [-0.25, -0.2) is 0 Å². The van der Waals surface area contributed by atoms with Crippen molar-refractivity contribution in [2.75, 3.05) is 25.0 Å². The van der Waals surface area contributed by atoms with Crippen LogP contribution in [-0.2, 0) is 9.53 Å². The zero-order chi connectivity index (χ0) is 19.2. The van der Waals surface area contributed by atoms with Gasteiger partial charge in [0.1, 0.15) is 12.8 Å². The highest BCUT2D eigenvalue weighted by Gasteiger charge is 2.26. The van der Waals surface area contributed by atoms with Crippen molar-refractivity contribution in [3.63, 3.8) is 0 Å². The molecule has 1 aliphatic heterocycles. The van der Waals surface area contributed by atoms with Gasteiger partial charge < -0.3 is 19.5 Å². The number of nitro groups is 1. The van der Waals surface area contributed by atoms with Crippen molar-refractivity contribution >= 4 is 23.3 Å². The molecule has 0 radical (unpaired) electrons. The molecule has 1 atom stereocenters. The van der Waals surface area contributed by atoms with E-state index < -0.39 is 16.7 Å². The van der Waals surface area contributed by atoms with Crippen LogP contribution in [0.1, 0.15) is 23.2 Å². The van der Waals surface area contributed by atoms with E-state index in [0.717, 1.165) is 12.8 Å². The van der Waals surface area contributed by atoms with Crippen molar-refractivity contribution in [1.29, 1.82) is 0 Å². The lowest BCUT2D eigenvalue weighted by Gasteiger charge is -2.24. The van der Waals surface area contributed by atoms with Crippen molar-refractivity contribution in [3.8, 4) is 0 Å². The normalized spacial score (nSPS) is 16.1. The monoisotopic (exact) mass is 374 g/mol. The molecule has 0 aliphatic carbocycles. The van der Waals surface area contributed by atoms with Crippen LogP contribution < -0.4 is 5.32 Å². The molecule has 27 heavy (non-hydrogen) atoms. The lowest BCUT2D eigenvalue weighted by Crippen LogP contribution is -2.42. The number of nitrogens with zero attached hydrogens (tertiary/aromatic N) is 3. The number of carbonyl (C=O) groups excluding carboxylic acids is 2. The molecule has 0 bridgehead atoms. The summed E-state index contributed by atoms with van der Waals surface area (Å²) in [5, 5.41) is 17.1. The third-order valence-electron chi connectivity index (χ3n) is 4.08. The lowest BCUT2D eigenvalue weighted by atomic mass is 10.1. The van der Waals surface area contributed by atoms with E-state index >= 15 is 0 Å². The summed E-state index contributed by atoms with van der Waals surface area (Å²) >= 11 is 0. The first-order valence-corrected chi connectivity index (χ1v) is 8.38. The summed E-state index contributed by atoms with van der Waals surface area (Å²) in [7, 11) is 0. The minimum absolute atomic E-state index is 0.136. The summed E-state index contributed by atoms with van der Waals surface area (Å²) in [6.07, 6.45) is 2.80. The maximum Gasteiger partial charge on any atom is 0.270 e. The first kappa shape index (κ1) is 18.5. The molecule has 10 heteroatoms. The van der Waals surface area contributed by atoms with Gasteiger partial charge in [0.05, 0.1) is 11.0 Å². The molecule has 1 saturated heterocycles. The average Bonchev–Trinajstić information content (AvgIpc) is 3.34. The van der Waals surface area contributed by atoms with Crippen LogP contribution >= 0.6 is 0 Å².